The standard InChI is InChI=1S/C19H22FN3O2.ClH/c1-12(11-21)18(24)22-13(2)14-5-9-17(10-6-14)23-19(25)15-3-7-16(20)8-4-15;/h3-10,12-13H,11,21H2,1-2H3,(H,22,24)(H,23,25);1H. The van der Waals surface area contributed by atoms with Crippen molar-refractivity contribution in [3.05, 3.63) is 65.5 Å². The van der Waals surface area contributed by atoms with Gasteiger partial charge in [0.1, 0.15) is 5.82 Å². The molecule has 4 N–H and O–H groups in total. The molecule has 2 unspecified atom stereocenters. The lowest BCUT2D eigenvalue weighted by Gasteiger charge is -2.17. The number of anilines is 1. The van der Waals surface area contributed by atoms with Crippen molar-refractivity contribution in [1.29, 1.82) is 0 Å². The molecule has 0 fully saturated rings. The van der Waals surface area contributed by atoms with Crippen LogP contribution in [-0.2, 0) is 4.79 Å². The Morgan fingerprint density at radius 1 is 1.04 bits per heavy atom. The van der Waals surface area contributed by atoms with Gasteiger partial charge >= 0.3 is 0 Å². The summed E-state index contributed by atoms with van der Waals surface area (Å²) in [4.78, 5) is 24.0. The summed E-state index contributed by atoms with van der Waals surface area (Å²) in [5.41, 5.74) is 7.40. The van der Waals surface area contributed by atoms with Gasteiger partial charge in [-0.3, -0.25) is 9.59 Å². The Kier molecular flexibility index (Phi) is 8.22. The van der Waals surface area contributed by atoms with Gasteiger partial charge in [0, 0.05) is 23.7 Å². The molecule has 0 aliphatic rings. The van der Waals surface area contributed by atoms with Crippen molar-refractivity contribution in [1.82, 2.24) is 5.32 Å². The van der Waals surface area contributed by atoms with Crippen molar-refractivity contribution in [3.63, 3.8) is 0 Å². The van der Waals surface area contributed by atoms with Crippen LogP contribution in [0.3, 0.4) is 0 Å². The number of hydrogen-bond donors (Lipinski definition) is 3. The molecule has 0 heterocycles. The minimum absolute atomic E-state index is 0. The number of hydrogen-bond acceptors (Lipinski definition) is 3. The molecule has 2 aromatic rings. The fourth-order valence-corrected chi connectivity index (χ4v) is 2.21. The van der Waals surface area contributed by atoms with E-state index in [-0.39, 0.29) is 42.0 Å². The zero-order valence-corrected chi connectivity index (χ0v) is 15.5. The van der Waals surface area contributed by atoms with Gasteiger partial charge in [0.25, 0.3) is 5.91 Å². The second-order valence-corrected chi connectivity index (χ2v) is 5.95. The first-order chi connectivity index (χ1) is 11.9. The zero-order valence-electron chi connectivity index (χ0n) is 14.7. The minimum Gasteiger partial charge on any atom is -0.349 e. The zero-order chi connectivity index (χ0) is 18.4. The fourth-order valence-electron chi connectivity index (χ4n) is 2.21. The lowest BCUT2D eigenvalue weighted by atomic mass is 10.1. The van der Waals surface area contributed by atoms with Gasteiger partial charge in [0.15, 0.2) is 0 Å². The van der Waals surface area contributed by atoms with E-state index in [2.05, 4.69) is 10.6 Å². The van der Waals surface area contributed by atoms with Crippen LogP contribution in [0.5, 0.6) is 0 Å². The third kappa shape index (κ3) is 5.82. The van der Waals surface area contributed by atoms with Crippen LogP contribution in [0, 0.1) is 11.7 Å². The van der Waals surface area contributed by atoms with Gasteiger partial charge in [-0.05, 0) is 48.9 Å². The van der Waals surface area contributed by atoms with E-state index in [0.29, 0.717) is 17.8 Å². The van der Waals surface area contributed by atoms with Crippen LogP contribution in [0.25, 0.3) is 0 Å². The van der Waals surface area contributed by atoms with E-state index in [4.69, 9.17) is 5.73 Å². The Bertz CT molecular complexity index is 735. The fraction of sp³-hybridized carbons (Fsp3) is 0.263. The van der Waals surface area contributed by atoms with Crippen molar-refractivity contribution in [3.8, 4) is 0 Å². The summed E-state index contributed by atoms with van der Waals surface area (Å²) in [6.07, 6.45) is 0. The van der Waals surface area contributed by atoms with Crippen LogP contribution in [0.4, 0.5) is 10.1 Å². The lowest BCUT2D eigenvalue weighted by Crippen LogP contribution is -2.34. The Hall–Kier alpha value is -2.44. The molecular weight excluding hydrogens is 357 g/mol. The molecular formula is C19H23ClFN3O2. The van der Waals surface area contributed by atoms with E-state index in [1.165, 1.54) is 24.3 Å². The first-order valence-electron chi connectivity index (χ1n) is 8.08. The Morgan fingerprint density at radius 2 is 1.62 bits per heavy atom. The van der Waals surface area contributed by atoms with Gasteiger partial charge in [-0.15, -0.1) is 12.4 Å². The summed E-state index contributed by atoms with van der Waals surface area (Å²) in [7, 11) is 0. The van der Waals surface area contributed by atoms with E-state index < -0.39 is 0 Å². The summed E-state index contributed by atoms with van der Waals surface area (Å²) in [6.45, 7) is 3.95. The average molecular weight is 380 g/mol. The van der Waals surface area contributed by atoms with Crippen LogP contribution < -0.4 is 16.4 Å². The molecule has 0 saturated heterocycles. The van der Waals surface area contributed by atoms with Gasteiger partial charge < -0.3 is 16.4 Å². The summed E-state index contributed by atoms with van der Waals surface area (Å²) < 4.78 is 12.9. The van der Waals surface area contributed by atoms with Gasteiger partial charge in [0.05, 0.1) is 6.04 Å². The topological polar surface area (TPSA) is 84.2 Å². The van der Waals surface area contributed by atoms with Crippen LogP contribution >= 0.6 is 12.4 Å². The number of rotatable bonds is 6. The van der Waals surface area contributed by atoms with Crippen molar-refractivity contribution in [2.45, 2.75) is 19.9 Å². The van der Waals surface area contributed by atoms with E-state index in [0.717, 1.165) is 5.56 Å². The van der Waals surface area contributed by atoms with Crippen LogP contribution in [0.1, 0.15) is 35.8 Å². The molecule has 0 saturated carbocycles. The van der Waals surface area contributed by atoms with Gasteiger partial charge in [-0.25, -0.2) is 4.39 Å². The molecule has 0 radical (unpaired) electrons. The predicted octanol–water partition coefficient (Wildman–Crippen LogP) is 3.27. The predicted molar refractivity (Wildman–Crippen MR) is 103 cm³/mol. The Labute approximate surface area is 158 Å². The van der Waals surface area contributed by atoms with Crippen LogP contribution in [0.2, 0.25) is 0 Å². The molecule has 2 atom stereocenters. The molecule has 0 aliphatic carbocycles. The lowest BCUT2D eigenvalue weighted by molar-refractivity contribution is -0.124. The van der Waals surface area contributed by atoms with Gasteiger partial charge in [-0.2, -0.15) is 0 Å². The van der Waals surface area contributed by atoms with Crippen molar-refractivity contribution < 1.29 is 14.0 Å². The molecule has 2 amide bonds. The SMILES string of the molecule is CC(CN)C(=O)NC(C)c1ccc(NC(=O)c2ccc(F)cc2)cc1.Cl. The van der Waals surface area contributed by atoms with E-state index >= 15 is 0 Å². The largest absolute Gasteiger partial charge is 0.349 e. The normalized spacial score (nSPS) is 12.5. The highest BCUT2D eigenvalue weighted by Crippen LogP contribution is 2.17. The van der Waals surface area contributed by atoms with Gasteiger partial charge in [-0.1, -0.05) is 19.1 Å². The molecule has 26 heavy (non-hydrogen) atoms. The molecule has 7 heteroatoms. The third-order valence-electron chi connectivity index (χ3n) is 3.93. The summed E-state index contributed by atoms with van der Waals surface area (Å²) >= 11 is 0. The number of amides is 2. The van der Waals surface area contributed by atoms with E-state index in [9.17, 15) is 14.0 Å². The maximum atomic E-state index is 12.9. The first kappa shape index (κ1) is 21.6. The molecule has 0 aromatic heterocycles. The minimum atomic E-state index is -0.388. The van der Waals surface area contributed by atoms with Crippen molar-refractivity contribution in [2.24, 2.45) is 11.7 Å². The smallest absolute Gasteiger partial charge is 0.255 e. The Morgan fingerprint density at radius 3 is 2.15 bits per heavy atom. The van der Waals surface area contributed by atoms with Gasteiger partial charge in [0.2, 0.25) is 5.91 Å². The Balaban J connectivity index is 0.00000338. The van der Waals surface area contributed by atoms with E-state index in [1.54, 1.807) is 19.1 Å². The number of halogens is 2. The quantitative estimate of drug-likeness (QED) is 0.720. The number of benzene rings is 2. The highest BCUT2D eigenvalue weighted by atomic mass is 35.5. The highest BCUT2D eigenvalue weighted by Gasteiger charge is 2.15. The summed E-state index contributed by atoms with van der Waals surface area (Å²) in [5.74, 6) is -1.04. The highest BCUT2D eigenvalue weighted by molar-refractivity contribution is 6.04. The monoisotopic (exact) mass is 379 g/mol. The summed E-state index contributed by atoms with van der Waals surface area (Å²) in [5, 5.41) is 5.64. The third-order valence-corrected chi connectivity index (χ3v) is 3.93. The number of carbonyl (C=O) groups is 2. The molecule has 140 valence electrons. The second-order valence-electron chi connectivity index (χ2n) is 5.95. The average Bonchev–Trinajstić information content (AvgIpc) is 2.61. The molecule has 5 nitrogen and oxygen atoms in total. The maximum absolute atomic E-state index is 12.9. The number of nitrogens with two attached hydrogens (primary N) is 1. The van der Waals surface area contributed by atoms with E-state index in [1.807, 2.05) is 19.1 Å². The van der Waals surface area contributed by atoms with Crippen molar-refractivity contribution >= 4 is 29.9 Å². The van der Waals surface area contributed by atoms with Crippen LogP contribution in [0.15, 0.2) is 48.5 Å². The van der Waals surface area contributed by atoms with Crippen LogP contribution in [-0.4, -0.2) is 18.4 Å². The molecule has 0 bridgehead atoms. The molecule has 0 aliphatic heterocycles. The number of nitrogens with one attached hydrogen (secondary N) is 2. The second kappa shape index (κ2) is 9.89. The molecule has 2 aromatic carbocycles. The summed E-state index contributed by atoms with van der Waals surface area (Å²) in [6, 6.07) is 12.3. The molecule has 2 rings (SSSR count). The first-order valence-corrected chi connectivity index (χ1v) is 8.08. The van der Waals surface area contributed by atoms with Crippen molar-refractivity contribution in [2.75, 3.05) is 11.9 Å². The number of carbonyl (C=O) groups excluding carboxylic acids is 2. The maximum Gasteiger partial charge on any atom is 0.255 e. The molecule has 0 spiro atoms.